The van der Waals surface area contributed by atoms with Crippen LogP contribution in [0.1, 0.15) is 91.6 Å². The van der Waals surface area contributed by atoms with Gasteiger partial charge in [-0.05, 0) is 166 Å². The fourth-order valence-electron chi connectivity index (χ4n) is 16.1. The number of hydrogen-bond donors (Lipinski definition) is 0. The van der Waals surface area contributed by atoms with Crippen LogP contribution in [-0.4, -0.2) is 4.98 Å². The van der Waals surface area contributed by atoms with E-state index in [4.69, 9.17) is 18.2 Å². The molecule has 0 bridgehead atoms. The number of aryl methyl sites for hydroxylation is 3. The van der Waals surface area contributed by atoms with E-state index in [0.29, 0.717) is 0 Å². The normalized spacial score (nSPS) is 13.2. The van der Waals surface area contributed by atoms with Crippen LogP contribution in [0.4, 0.5) is 34.3 Å². The van der Waals surface area contributed by atoms with Crippen LogP contribution in [-0.2, 0) is 16.2 Å². The maximum atomic E-state index is 7.63. The molecule has 6 heteroatoms. The molecular formula is C89H69N3O3. The van der Waals surface area contributed by atoms with Gasteiger partial charge in [-0.25, -0.2) is 4.98 Å². The third-order valence-electron chi connectivity index (χ3n) is 20.4. The van der Waals surface area contributed by atoms with Crippen LogP contribution in [0.3, 0.4) is 0 Å². The zero-order chi connectivity index (χ0) is 64.4. The Bertz CT molecular complexity index is 5820. The zero-order valence-electron chi connectivity index (χ0n) is 54.8. The number of benzene rings is 12. The average molecular weight is 1230 g/mol. The van der Waals surface area contributed by atoms with Crippen molar-refractivity contribution >= 4 is 100 Å². The Morgan fingerprint density at radius 2 is 0.821 bits per heavy atom. The van der Waals surface area contributed by atoms with Gasteiger partial charge in [0.05, 0.1) is 22.2 Å². The molecule has 0 unspecified atom stereocenters. The Hall–Kier alpha value is -11.2. The maximum absolute atomic E-state index is 7.63. The molecule has 0 radical (unpaired) electrons. The van der Waals surface area contributed by atoms with Crippen molar-refractivity contribution in [1.29, 1.82) is 0 Å². The van der Waals surface area contributed by atoms with Gasteiger partial charge in [0.15, 0.2) is 0 Å². The van der Waals surface area contributed by atoms with E-state index in [2.05, 4.69) is 315 Å². The molecule has 0 saturated heterocycles. The summed E-state index contributed by atoms with van der Waals surface area (Å²) in [7, 11) is 0. The van der Waals surface area contributed by atoms with Crippen molar-refractivity contribution in [2.75, 3.05) is 9.80 Å². The van der Waals surface area contributed by atoms with Crippen LogP contribution in [0.15, 0.2) is 268 Å². The summed E-state index contributed by atoms with van der Waals surface area (Å²) in [5.41, 5.74) is 28.4. The highest BCUT2D eigenvalue weighted by Crippen LogP contribution is 2.67. The van der Waals surface area contributed by atoms with Crippen LogP contribution >= 0.6 is 0 Å². The fourth-order valence-corrected chi connectivity index (χ4v) is 16.1. The smallest absolute Gasteiger partial charge is 0.145 e. The van der Waals surface area contributed by atoms with Crippen LogP contribution in [0.25, 0.3) is 110 Å². The van der Waals surface area contributed by atoms with Crippen molar-refractivity contribution in [2.45, 2.75) is 78.6 Å². The number of anilines is 6. The van der Waals surface area contributed by atoms with Crippen LogP contribution in [0.2, 0.25) is 0 Å². The highest BCUT2D eigenvalue weighted by Gasteiger charge is 2.54. The molecule has 0 atom stereocenters. The highest BCUT2D eigenvalue weighted by molar-refractivity contribution is 6.21. The molecule has 18 rings (SSSR count). The highest BCUT2D eigenvalue weighted by atomic mass is 16.3. The minimum atomic E-state index is -0.853. The quantitative estimate of drug-likeness (QED) is 0.151. The van der Waals surface area contributed by atoms with E-state index in [1.54, 1.807) is 0 Å². The van der Waals surface area contributed by atoms with Crippen molar-refractivity contribution in [3.05, 3.63) is 305 Å². The van der Waals surface area contributed by atoms with Crippen molar-refractivity contribution in [3.8, 4) is 44.5 Å². The monoisotopic (exact) mass is 1230 g/mol. The second-order valence-corrected chi connectivity index (χ2v) is 28.4. The molecule has 2 aliphatic carbocycles. The van der Waals surface area contributed by atoms with Gasteiger partial charge in [-0.1, -0.05) is 223 Å². The molecule has 0 amide bonds. The van der Waals surface area contributed by atoms with E-state index < -0.39 is 5.41 Å². The van der Waals surface area contributed by atoms with Crippen LogP contribution < -0.4 is 9.80 Å². The predicted molar refractivity (Wildman–Crippen MR) is 394 cm³/mol. The number of furan rings is 3. The molecule has 0 fully saturated rings. The molecule has 4 heterocycles. The van der Waals surface area contributed by atoms with Gasteiger partial charge in [0.1, 0.15) is 39.3 Å². The molecule has 95 heavy (non-hydrogen) atoms. The van der Waals surface area contributed by atoms with E-state index in [9.17, 15) is 0 Å². The minimum absolute atomic E-state index is 0.0723. The number of hydrogen-bond acceptors (Lipinski definition) is 6. The molecule has 16 aromatic rings. The van der Waals surface area contributed by atoms with Crippen molar-refractivity contribution in [3.63, 3.8) is 0 Å². The summed E-state index contributed by atoms with van der Waals surface area (Å²) in [5.74, 6) is 0.793. The van der Waals surface area contributed by atoms with Gasteiger partial charge < -0.3 is 18.2 Å². The topological polar surface area (TPSA) is 58.8 Å². The minimum Gasteiger partial charge on any atom is -0.455 e. The van der Waals surface area contributed by atoms with Gasteiger partial charge >= 0.3 is 0 Å². The summed E-state index contributed by atoms with van der Waals surface area (Å²) in [5, 5.41) is 6.40. The molecule has 2 aliphatic rings. The molecular weight excluding hydrogens is 1160 g/mol. The lowest BCUT2D eigenvalue weighted by Crippen LogP contribution is -2.27. The van der Waals surface area contributed by atoms with Crippen molar-refractivity contribution in [1.82, 2.24) is 4.98 Å². The van der Waals surface area contributed by atoms with Gasteiger partial charge in [-0.2, -0.15) is 0 Å². The Morgan fingerprint density at radius 3 is 1.41 bits per heavy atom. The standard InChI is InChI=1S/C89H69N3O3/c1-52-46-54(3)82(70(47-52)66-29-20-27-64-62-24-12-17-33-77(62)93-83(64)66)92(58-42-38-56(39-43-58)88(7,8)9)76-50-75-80(85-81(76)69-26-14-19-35-79(69)95-85)68-45-44-59(49-74(68)89(75)72-31-15-10-22-60(72)61-23-11-16-32-73(61)89)91(57-40-36-55(37-41-57)87(4,5)6)86-71(48-53(2)51-90-86)67-30-21-28-65-63-25-13-18-34-78(63)94-84(65)67/h10-51H,1-9H3. The third kappa shape index (κ3) is 8.39. The number of rotatable bonds is 8. The Labute approximate surface area is 553 Å². The maximum Gasteiger partial charge on any atom is 0.145 e. The van der Waals surface area contributed by atoms with E-state index in [1.807, 2.05) is 12.3 Å². The van der Waals surface area contributed by atoms with Gasteiger partial charge in [-0.15, -0.1) is 0 Å². The first-order valence-electron chi connectivity index (χ1n) is 33.2. The summed E-state index contributed by atoms with van der Waals surface area (Å²) < 4.78 is 21.5. The summed E-state index contributed by atoms with van der Waals surface area (Å²) in [4.78, 5) is 10.5. The van der Waals surface area contributed by atoms with Crippen molar-refractivity contribution < 1.29 is 13.3 Å². The lowest BCUT2D eigenvalue weighted by molar-refractivity contribution is 0.590. The van der Waals surface area contributed by atoms with E-state index in [0.717, 1.165) is 161 Å². The molecule has 0 N–H and O–H groups in total. The summed E-state index contributed by atoms with van der Waals surface area (Å²) >= 11 is 0. The molecule has 12 aromatic carbocycles. The SMILES string of the molecule is Cc1cnc(N(c2ccc(C(C)(C)C)cc2)c2ccc3c(c2)C2(c4ccccc4-c4ccccc42)c2cc(N(c4ccc(C(C)(C)C)cc4)c4c(C)cc(C)cc4-c4cccc5c4oc4ccccc45)c4c(oc5ccccc54)c2-3)c(-c2cccc3c2oc2ccccc23)c1. The number of aromatic nitrogens is 1. The second-order valence-electron chi connectivity index (χ2n) is 28.4. The largest absolute Gasteiger partial charge is 0.455 e. The molecule has 458 valence electrons. The molecule has 6 nitrogen and oxygen atoms in total. The van der Waals surface area contributed by atoms with Gasteiger partial charge in [-0.3, -0.25) is 4.90 Å². The number of pyridine rings is 1. The predicted octanol–water partition coefficient (Wildman–Crippen LogP) is 24.9. The first kappa shape index (κ1) is 56.5. The first-order chi connectivity index (χ1) is 46.1. The lowest BCUT2D eigenvalue weighted by Gasteiger charge is -2.34. The van der Waals surface area contributed by atoms with Crippen LogP contribution in [0.5, 0.6) is 0 Å². The summed E-state index contributed by atoms with van der Waals surface area (Å²) in [6, 6.07) is 91.8. The van der Waals surface area contributed by atoms with E-state index in [-0.39, 0.29) is 10.8 Å². The van der Waals surface area contributed by atoms with Gasteiger partial charge in [0.2, 0.25) is 0 Å². The summed E-state index contributed by atoms with van der Waals surface area (Å²) in [6.07, 6.45) is 2.00. The third-order valence-corrected chi connectivity index (χ3v) is 20.4. The molecule has 1 spiro atoms. The Balaban J connectivity index is 0.951. The van der Waals surface area contributed by atoms with Crippen LogP contribution in [0, 0.1) is 20.8 Å². The zero-order valence-corrected chi connectivity index (χ0v) is 54.8. The number of nitrogens with zero attached hydrogens (tertiary/aromatic N) is 3. The summed E-state index contributed by atoms with van der Waals surface area (Å²) in [6.45, 7) is 20.3. The molecule has 0 aliphatic heterocycles. The first-order valence-corrected chi connectivity index (χ1v) is 33.2. The molecule has 0 saturated carbocycles. The second kappa shape index (κ2) is 20.6. The van der Waals surface area contributed by atoms with Gasteiger partial charge in [0, 0.05) is 78.0 Å². The van der Waals surface area contributed by atoms with Gasteiger partial charge in [0.25, 0.3) is 0 Å². The molecule has 4 aromatic heterocycles. The Morgan fingerprint density at radius 1 is 0.347 bits per heavy atom. The fraction of sp³-hybridized carbons (Fsp3) is 0.135. The lowest BCUT2D eigenvalue weighted by atomic mass is 9.70. The van der Waals surface area contributed by atoms with Crippen molar-refractivity contribution in [2.24, 2.45) is 0 Å². The average Bonchev–Trinajstić information content (AvgIpc) is 1.50. The van der Waals surface area contributed by atoms with E-state index >= 15 is 0 Å². The van der Waals surface area contributed by atoms with E-state index in [1.165, 1.54) is 33.4 Å². The Kier molecular flexibility index (Phi) is 12.3. The number of para-hydroxylation sites is 5. The number of fused-ring (bicyclic) bond motifs is 20.